The van der Waals surface area contributed by atoms with Gasteiger partial charge in [0.05, 0.1) is 16.8 Å². The molecule has 6 heteroatoms. The Morgan fingerprint density at radius 1 is 1.11 bits per heavy atom. The number of hydrogen-bond donors (Lipinski definition) is 2. The van der Waals surface area contributed by atoms with Gasteiger partial charge in [0.25, 0.3) is 0 Å². The van der Waals surface area contributed by atoms with Gasteiger partial charge >= 0.3 is 0 Å². The summed E-state index contributed by atoms with van der Waals surface area (Å²) in [6.45, 7) is 7.75. The Bertz CT molecular complexity index is 822. The summed E-state index contributed by atoms with van der Waals surface area (Å²) in [5.74, 6) is 0.631. The van der Waals surface area contributed by atoms with Gasteiger partial charge in [-0.2, -0.15) is 0 Å². The molecule has 1 atom stereocenters. The Morgan fingerprint density at radius 2 is 1.86 bits per heavy atom. The molecule has 2 aromatic rings. The van der Waals surface area contributed by atoms with Crippen LogP contribution < -0.4 is 10.6 Å². The smallest absolute Gasteiger partial charge is 0.227 e. The highest BCUT2D eigenvalue weighted by Crippen LogP contribution is 2.28. The van der Waals surface area contributed by atoms with Crippen LogP contribution >= 0.6 is 11.8 Å². The van der Waals surface area contributed by atoms with Gasteiger partial charge < -0.3 is 15.5 Å². The summed E-state index contributed by atoms with van der Waals surface area (Å²) in [6, 6.07) is 8.37. The van der Waals surface area contributed by atoms with Gasteiger partial charge in [-0.15, -0.1) is 11.8 Å². The SMILES string of the molecule is Cc1cc(C)cc(Nc2nccc(C3=CSC(CN4CCCCCC4)N3)n2)c1. The van der Waals surface area contributed by atoms with E-state index in [1.165, 1.54) is 49.9 Å². The van der Waals surface area contributed by atoms with Crippen LogP contribution in [0.4, 0.5) is 11.6 Å². The molecule has 1 unspecified atom stereocenters. The normalized spacial score (nSPS) is 20.4. The first-order valence-corrected chi connectivity index (χ1v) is 11.1. The van der Waals surface area contributed by atoms with Crippen LogP contribution in [0.15, 0.2) is 35.9 Å². The van der Waals surface area contributed by atoms with Crippen molar-refractivity contribution >= 4 is 29.1 Å². The predicted octanol–water partition coefficient (Wildman–Crippen LogP) is 4.67. The highest BCUT2D eigenvalue weighted by atomic mass is 32.2. The number of aryl methyl sites for hydroxylation is 2. The molecule has 0 amide bonds. The Hall–Kier alpha value is -2.05. The fourth-order valence-electron chi connectivity index (χ4n) is 3.91. The lowest BCUT2D eigenvalue weighted by Gasteiger charge is -2.24. The Morgan fingerprint density at radius 3 is 2.61 bits per heavy atom. The number of hydrogen-bond acceptors (Lipinski definition) is 6. The largest absolute Gasteiger partial charge is 0.370 e. The molecule has 28 heavy (non-hydrogen) atoms. The van der Waals surface area contributed by atoms with Crippen molar-refractivity contribution in [3.63, 3.8) is 0 Å². The van der Waals surface area contributed by atoms with E-state index in [0.29, 0.717) is 11.3 Å². The zero-order valence-electron chi connectivity index (χ0n) is 16.7. The monoisotopic (exact) mass is 395 g/mol. The van der Waals surface area contributed by atoms with E-state index in [1.807, 2.05) is 24.0 Å². The summed E-state index contributed by atoms with van der Waals surface area (Å²) in [5.41, 5.74) is 5.51. The van der Waals surface area contributed by atoms with Crippen LogP contribution in [0, 0.1) is 13.8 Å². The molecule has 3 heterocycles. The van der Waals surface area contributed by atoms with E-state index in [9.17, 15) is 0 Å². The Balaban J connectivity index is 1.39. The second kappa shape index (κ2) is 8.97. The summed E-state index contributed by atoms with van der Waals surface area (Å²) >= 11 is 1.86. The number of thioether (sulfide) groups is 1. The second-order valence-electron chi connectivity index (χ2n) is 7.78. The maximum absolute atomic E-state index is 4.73. The minimum Gasteiger partial charge on any atom is -0.370 e. The van der Waals surface area contributed by atoms with Crippen molar-refractivity contribution in [1.82, 2.24) is 20.2 Å². The van der Waals surface area contributed by atoms with Crippen molar-refractivity contribution in [1.29, 1.82) is 0 Å². The fourth-order valence-corrected chi connectivity index (χ4v) is 4.89. The molecule has 5 nitrogen and oxygen atoms in total. The van der Waals surface area contributed by atoms with E-state index in [4.69, 9.17) is 4.98 Å². The molecule has 1 aromatic carbocycles. The molecular weight excluding hydrogens is 366 g/mol. The minimum atomic E-state index is 0.402. The number of benzene rings is 1. The first kappa shape index (κ1) is 19.3. The third kappa shape index (κ3) is 5.06. The third-order valence-electron chi connectivity index (χ3n) is 5.20. The lowest BCUT2D eigenvalue weighted by atomic mass is 10.1. The van der Waals surface area contributed by atoms with Gasteiger partial charge in [-0.3, -0.25) is 0 Å². The number of nitrogens with one attached hydrogen (secondary N) is 2. The molecule has 0 spiro atoms. The summed E-state index contributed by atoms with van der Waals surface area (Å²) < 4.78 is 0. The topological polar surface area (TPSA) is 53.1 Å². The third-order valence-corrected chi connectivity index (χ3v) is 6.17. The summed E-state index contributed by atoms with van der Waals surface area (Å²) in [7, 11) is 0. The average molecular weight is 396 g/mol. The number of likely N-dealkylation sites (tertiary alicyclic amines) is 1. The van der Waals surface area contributed by atoms with Gasteiger partial charge in [-0.1, -0.05) is 18.9 Å². The quantitative estimate of drug-likeness (QED) is 0.767. The van der Waals surface area contributed by atoms with Gasteiger partial charge in [0.1, 0.15) is 0 Å². The standard InChI is InChI=1S/C22H29N5S/c1-16-11-17(2)13-18(12-16)24-22-23-8-7-19(26-22)20-15-28-21(25-20)14-27-9-5-3-4-6-10-27/h7-8,11-13,15,21,25H,3-6,9-10,14H2,1-2H3,(H,23,24,26). The van der Waals surface area contributed by atoms with Crippen LogP contribution in [0.25, 0.3) is 5.70 Å². The lowest BCUT2D eigenvalue weighted by Crippen LogP contribution is -2.36. The van der Waals surface area contributed by atoms with Crippen molar-refractivity contribution < 1.29 is 0 Å². The zero-order chi connectivity index (χ0) is 19.3. The Labute approximate surface area is 172 Å². The molecule has 4 rings (SSSR count). The van der Waals surface area contributed by atoms with Gasteiger partial charge in [0.2, 0.25) is 5.95 Å². The van der Waals surface area contributed by atoms with E-state index in [0.717, 1.165) is 23.6 Å². The van der Waals surface area contributed by atoms with E-state index >= 15 is 0 Å². The average Bonchev–Trinajstić information content (AvgIpc) is 2.97. The number of nitrogens with zero attached hydrogens (tertiary/aromatic N) is 3. The van der Waals surface area contributed by atoms with Crippen LogP contribution in [-0.2, 0) is 0 Å². The van der Waals surface area contributed by atoms with Gasteiger partial charge in [-0.05, 0) is 74.5 Å². The van der Waals surface area contributed by atoms with E-state index < -0.39 is 0 Å². The first-order valence-electron chi connectivity index (χ1n) is 10.2. The van der Waals surface area contributed by atoms with Crippen molar-refractivity contribution in [3.05, 3.63) is 52.7 Å². The van der Waals surface area contributed by atoms with Crippen molar-refractivity contribution in [2.24, 2.45) is 0 Å². The van der Waals surface area contributed by atoms with Crippen LogP contribution in [0.3, 0.4) is 0 Å². The van der Waals surface area contributed by atoms with Crippen LogP contribution in [0.1, 0.15) is 42.5 Å². The van der Waals surface area contributed by atoms with E-state index in [2.05, 4.69) is 58.0 Å². The van der Waals surface area contributed by atoms with Crippen LogP contribution in [0.5, 0.6) is 0 Å². The summed E-state index contributed by atoms with van der Waals surface area (Å²) in [5, 5.41) is 9.59. The maximum atomic E-state index is 4.73. The van der Waals surface area contributed by atoms with E-state index in [1.54, 1.807) is 0 Å². The van der Waals surface area contributed by atoms with Crippen molar-refractivity contribution in [2.45, 2.75) is 44.9 Å². The van der Waals surface area contributed by atoms with Crippen molar-refractivity contribution in [3.8, 4) is 0 Å². The Kier molecular flexibility index (Phi) is 6.17. The molecule has 148 valence electrons. The molecule has 0 bridgehead atoms. The molecule has 0 saturated carbocycles. The highest BCUT2D eigenvalue weighted by molar-refractivity contribution is 8.03. The zero-order valence-corrected chi connectivity index (χ0v) is 17.6. The minimum absolute atomic E-state index is 0.402. The van der Waals surface area contributed by atoms with Gasteiger partial charge in [0.15, 0.2) is 0 Å². The number of anilines is 2. The molecule has 0 radical (unpaired) electrons. The van der Waals surface area contributed by atoms with E-state index in [-0.39, 0.29) is 0 Å². The highest BCUT2D eigenvalue weighted by Gasteiger charge is 2.22. The van der Waals surface area contributed by atoms with Crippen molar-refractivity contribution in [2.75, 3.05) is 25.0 Å². The van der Waals surface area contributed by atoms with Gasteiger partial charge in [-0.25, -0.2) is 9.97 Å². The molecule has 0 aliphatic carbocycles. The molecule has 1 aromatic heterocycles. The fraction of sp³-hybridized carbons (Fsp3) is 0.455. The first-order chi connectivity index (χ1) is 13.7. The summed E-state index contributed by atoms with van der Waals surface area (Å²) in [4.78, 5) is 11.7. The lowest BCUT2D eigenvalue weighted by molar-refractivity contribution is 0.282. The van der Waals surface area contributed by atoms with Gasteiger partial charge in [0, 0.05) is 18.4 Å². The molecule has 1 saturated heterocycles. The molecule has 1 fully saturated rings. The molecule has 2 aliphatic heterocycles. The second-order valence-corrected chi connectivity index (χ2v) is 8.86. The van der Waals surface area contributed by atoms with Crippen LogP contribution in [0.2, 0.25) is 0 Å². The maximum Gasteiger partial charge on any atom is 0.227 e. The van der Waals surface area contributed by atoms with Crippen LogP contribution in [-0.4, -0.2) is 39.9 Å². The predicted molar refractivity (Wildman–Crippen MR) is 119 cm³/mol. The molecule has 2 N–H and O–H groups in total. The number of aromatic nitrogens is 2. The number of rotatable bonds is 5. The molecule has 2 aliphatic rings. The summed E-state index contributed by atoms with van der Waals surface area (Å²) in [6.07, 6.45) is 7.24. The molecular formula is C22H29N5S.